The standard InChI is InChI=1S/C21H28N4O4S/c1-17-14-19(16-22-23-6-10-28-11-7-23)18(2)25(17)20-4-3-5-21(15-20)30(26,27)24-8-12-29-13-9-24/h3-5,14-16H,6-13H2,1-2H3. The molecule has 0 N–H and O–H groups in total. The Morgan fingerprint density at radius 2 is 1.63 bits per heavy atom. The summed E-state index contributed by atoms with van der Waals surface area (Å²) >= 11 is 0. The van der Waals surface area contributed by atoms with E-state index in [1.165, 1.54) is 4.31 Å². The normalized spacial score (nSPS) is 18.9. The van der Waals surface area contributed by atoms with Crippen LogP contribution in [0.1, 0.15) is 17.0 Å². The number of morpholine rings is 2. The number of hydrazone groups is 1. The maximum absolute atomic E-state index is 13.0. The van der Waals surface area contributed by atoms with Crippen LogP contribution in [0.4, 0.5) is 0 Å². The van der Waals surface area contributed by atoms with Crippen LogP contribution in [0.5, 0.6) is 0 Å². The number of hydrogen-bond acceptors (Lipinski definition) is 6. The van der Waals surface area contributed by atoms with Crippen LogP contribution < -0.4 is 0 Å². The van der Waals surface area contributed by atoms with Crippen molar-refractivity contribution in [3.05, 3.63) is 47.3 Å². The van der Waals surface area contributed by atoms with Crippen LogP contribution >= 0.6 is 0 Å². The molecule has 0 aliphatic carbocycles. The van der Waals surface area contributed by atoms with E-state index in [1.54, 1.807) is 18.2 Å². The van der Waals surface area contributed by atoms with Crippen molar-refractivity contribution in [3.8, 4) is 5.69 Å². The number of hydrogen-bond donors (Lipinski definition) is 0. The minimum atomic E-state index is -3.54. The van der Waals surface area contributed by atoms with E-state index in [4.69, 9.17) is 9.47 Å². The summed E-state index contributed by atoms with van der Waals surface area (Å²) < 4.78 is 40.3. The van der Waals surface area contributed by atoms with Crippen LogP contribution in [-0.4, -0.2) is 81.1 Å². The van der Waals surface area contributed by atoms with Crippen LogP contribution in [0.3, 0.4) is 0 Å². The third kappa shape index (κ3) is 4.29. The van der Waals surface area contributed by atoms with Gasteiger partial charge in [0.2, 0.25) is 10.0 Å². The highest BCUT2D eigenvalue weighted by Crippen LogP contribution is 2.24. The lowest BCUT2D eigenvalue weighted by Crippen LogP contribution is -2.40. The SMILES string of the molecule is Cc1cc(C=NN2CCOCC2)c(C)n1-c1cccc(S(=O)(=O)N2CCOCC2)c1. The zero-order valence-electron chi connectivity index (χ0n) is 17.5. The highest BCUT2D eigenvalue weighted by molar-refractivity contribution is 7.89. The lowest BCUT2D eigenvalue weighted by atomic mass is 10.2. The number of aryl methyl sites for hydroxylation is 1. The molecule has 9 heteroatoms. The molecule has 2 fully saturated rings. The molecule has 162 valence electrons. The molecule has 0 atom stereocenters. The van der Waals surface area contributed by atoms with Crippen LogP contribution in [0, 0.1) is 13.8 Å². The second-order valence-corrected chi connectivity index (χ2v) is 9.42. The third-order valence-corrected chi connectivity index (χ3v) is 7.40. The monoisotopic (exact) mass is 432 g/mol. The smallest absolute Gasteiger partial charge is 0.243 e. The summed E-state index contributed by atoms with van der Waals surface area (Å²) in [6.07, 6.45) is 1.87. The first-order valence-electron chi connectivity index (χ1n) is 10.2. The summed E-state index contributed by atoms with van der Waals surface area (Å²) in [6.45, 7) is 8.64. The van der Waals surface area contributed by atoms with E-state index in [2.05, 4.69) is 15.7 Å². The number of sulfonamides is 1. The van der Waals surface area contributed by atoms with Crippen molar-refractivity contribution >= 4 is 16.2 Å². The van der Waals surface area contributed by atoms with Crippen molar-refractivity contribution in [1.29, 1.82) is 0 Å². The van der Waals surface area contributed by atoms with Gasteiger partial charge in [0, 0.05) is 35.7 Å². The topological polar surface area (TPSA) is 76.4 Å². The van der Waals surface area contributed by atoms with Crippen molar-refractivity contribution < 1.29 is 17.9 Å². The molecule has 0 spiro atoms. The molecule has 1 aromatic carbocycles. The quantitative estimate of drug-likeness (QED) is 0.674. The molecule has 4 rings (SSSR count). The van der Waals surface area contributed by atoms with Gasteiger partial charge in [-0.2, -0.15) is 9.41 Å². The summed E-state index contributed by atoms with van der Waals surface area (Å²) in [5.41, 5.74) is 3.88. The molecule has 0 radical (unpaired) electrons. The number of nitrogens with zero attached hydrogens (tertiary/aromatic N) is 4. The van der Waals surface area contributed by atoms with Gasteiger partial charge in [-0.25, -0.2) is 8.42 Å². The molecular weight excluding hydrogens is 404 g/mol. The van der Waals surface area contributed by atoms with Crippen molar-refractivity contribution in [3.63, 3.8) is 0 Å². The first-order valence-corrected chi connectivity index (χ1v) is 11.6. The number of ether oxygens (including phenoxy) is 2. The van der Waals surface area contributed by atoms with Crippen molar-refractivity contribution in [2.75, 3.05) is 52.6 Å². The molecule has 0 bridgehead atoms. The van der Waals surface area contributed by atoms with E-state index in [0.717, 1.165) is 35.7 Å². The highest BCUT2D eigenvalue weighted by Gasteiger charge is 2.26. The molecule has 3 heterocycles. The first-order chi connectivity index (χ1) is 14.5. The number of benzene rings is 1. The minimum Gasteiger partial charge on any atom is -0.379 e. The second-order valence-electron chi connectivity index (χ2n) is 7.49. The Kier molecular flexibility index (Phi) is 6.24. The maximum Gasteiger partial charge on any atom is 0.243 e. The Morgan fingerprint density at radius 1 is 0.967 bits per heavy atom. The Bertz CT molecular complexity index is 1020. The molecule has 2 aliphatic heterocycles. The molecule has 8 nitrogen and oxygen atoms in total. The van der Waals surface area contributed by atoms with Gasteiger partial charge >= 0.3 is 0 Å². The van der Waals surface area contributed by atoms with E-state index in [9.17, 15) is 8.42 Å². The van der Waals surface area contributed by atoms with Gasteiger partial charge in [0.05, 0.1) is 50.6 Å². The Balaban J connectivity index is 1.62. The fourth-order valence-corrected chi connectivity index (χ4v) is 5.30. The summed E-state index contributed by atoms with van der Waals surface area (Å²) in [5, 5.41) is 6.59. The van der Waals surface area contributed by atoms with Crippen LogP contribution in [-0.2, 0) is 19.5 Å². The zero-order valence-corrected chi connectivity index (χ0v) is 18.3. The summed E-state index contributed by atoms with van der Waals surface area (Å²) in [4.78, 5) is 0.304. The fourth-order valence-electron chi connectivity index (χ4n) is 3.85. The predicted octanol–water partition coefficient (Wildman–Crippen LogP) is 1.78. The molecule has 1 aromatic heterocycles. The minimum absolute atomic E-state index is 0.304. The Hall–Kier alpha value is -2.20. The highest BCUT2D eigenvalue weighted by atomic mass is 32.2. The average Bonchev–Trinajstić information content (AvgIpc) is 3.06. The molecule has 2 aliphatic rings. The van der Waals surface area contributed by atoms with Gasteiger partial charge in [-0.3, -0.25) is 5.01 Å². The summed E-state index contributed by atoms with van der Waals surface area (Å²) in [5.74, 6) is 0. The van der Waals surface area contributed by atoms with E-state index in [-0.39, 0.29) is 0 Å². The lowest BCUT2D eigenvalue weighted by Gasteiger charge is -2.26. The van der Waals surface area contributed by atoms with Gasteiger partial charge in [-0.1, -0.05) is 6.07 Å². The van der Waals surface area contributed by atoms with Crippen molar-refractivity contribution in [1.82, 2.24) is 13.9 Å². The van der Waals surface area contributed by atoms with Crippen molar-refractivity contribution in [2.24, 2.45) is 5.10 Å². The van der Waals surface area contributed by atoms with Crippen LogP contribution in [0.2, 0.25) is 0 Å². The van der Waals surface area contributed by atoms with E-state index >= 15 is 0 Å². The summed E-state index contributed by atoms with van der Waals surface area (Å²) in [7, 11) is -3.54. The molecule has 0 amide bonds. The molecular formula is C21H28N4O4S. The second kappa shape index (κ2) is 8.89. The fraction of sp³-hybridized carbons (Fsp3) is 0.476. The molecule has 30 heavy (non-hydrogen) atoms. The molecule has 0 unspecified atom stereocenters. The van der Waals surface area contributed by atoms with Gasteiger partial charge in [0.25, 0.3) is 0 Å². The maximum atomic E-state index is 13.0. The Labute approximate surface area is 177 Å². The lowest BCUT2D eigenvalue weighted by molar-refractivity contribution is 0.0397. The zero-order chi connectivity index (χ0) is 21.1. The van der Waals surface area contributed by atoms with Gasteiger partial charge in [0.15, 0.2) is 0 Å². The first kappa shape index (κ1) is 21.0. The van der Waals surface area contributed by atoms with Gasteiger partial charge in [0.1, 0.15) is 0 Å². The molecule has 2 aromatic rings. The van der Waals surface area contributed by atoms with Crippen LogP contribution in [0.15, 0.2) is 40.3 Å². The average molecular weight is 433 g/mol. The third-order valence-electron chi connectivity index (χ3n) is 5.50. The summed E-state index contributed by atoms with van der Waals surface area (Å²) in [6, 6.07) is 9.20. The number of aromatic nitrogens is 1. The van der Waals surface area contributed by atoms with Crippen molar-refractivity contribution in [2.45, 2.75) is 18.7 Å². The Morgan fingerprint density at radius 3 is 2.33 bits per heavy atom. The predicted molar refractivity (Wildman–Crippen MR) is 115 cm³/mol. The number of rotatable bonds is 5. The van der Waals surface area contributed by atoms with Gasteiger partial charge in [-0.15, -0.1) is 0 Å². The molecule has 0 saturated carbocycles. The largest absolute Gasteiger partial charge is 0.379 e. The van der Waals surface area contributed by atoms with E-state index in [1.807, 2.05) is 31.1 Å². The van der Waals surface area contributed by atoms with E-state index < -0.39 is 10.0 Å². The van der Waals surface area contributed by atoms with E-state index in [0.29, 0.717) is 44.4 Å². The molecule has 2 saturated heterocycles. The van der Waals surface area contributed by atoms with Gasteiger partial charge < -0.3 is 14.0 Å². The van der Waals surface area contributed by atoms with Gasteiger partial charge in [-0.05, 0) is 38.1 Å². The van der Waals surface area contributed by atoms with Crippen LogP contribution in [0.25, 0.3) is 5.69 Å².